The average Bonchev–Trinajstić information content (AvgIpc) is 2.54. The Bertz CT molecular complexity index is 773. The molecule has 0 spiro atoms. The maximum Gasteiger partial charge on any atom is 0.311 e. The first-order chi connectivity index (χ1) is 12.1. The van der Waals surface area contributed by atoms with Crippen molar-refractivity contribution in [2.75, 3.05) is 19.7 Å². The molecular formula is C18H25NO6S. The summed E-state index contributed by atoms with van der Waals surface area (Å²) in [5.41, 5.74) is 1.49. The van der Waals surface area contributed by atoms with Crippen molar-refractivity contribution in [2.45, 2.75) is 44.0 Å². The summed E-state index contributed by atoms with van der Waals surface area (Å²) in [7, 11) is -3.86. The quantitative estimate of drug-likeness (QED) is 0.592. The molecule has 0 radical (unpaired) electrons. The molecule has 0 aliphatic carbocycles. The van der Waals surface area contributed by atoms with Crippen LogP contribution in [-0.4, -0.2) is 55.4 Å². The van der Waals surface area contributed by atoms with E-state index >= 15 is 0 Å². The Hall–Kier alpha value is -1.74. The molecule has 26 heavy (non-hydrogen) atoms. The highest BCUT2D eigenvalue weighted by Gasteiger charge is 2.45. The lowest BCUT2D eigenvalue weighted by Gasteiger charge is -2.42. The molecule has 0 bridgehead atoms. The summed E-state index contributed by atoms with van der Waals surface area (Å²) in [6.45, 7) is 8.77. The number of carbonyl (C=O) groups excluding carboxylic acids is 1. The SMILES string of the molecule is C=C(C)C1CN(S(=O)(=O)c2ccc(C)cc2)CC(O)(CC(=O)OCC)O1. The Morgan fingerprint density at radius 2 is 2.04 bits per heavy atom. The lowest BCUT2D eigenvalue weighted by molar-refractivity contribution is -0.253. The van der Waals surface area contributed by atoms with Gasteiger partial charge in [0.1, 0.15) is 6.42 Å². The van der Waals surface area contributed by atoms with Crippen molar-refractivity contribution in [3.63, 3.8) is 0 Å². The first-order valence-electron chi connectivity index (χ1n) is 8.35. The van der Waals surface area contributed by atoms with Crippen LogP contribution in [0.25, 0.3) is 0 Å². The van der Waals surface area contributed by atoms with Gasteiger partial charge in [-0.05, 0) is 32.9 Å². The third kappa shape index (κ3) is 4.70. The molecule has 1 aromatic carbocycles. The first kappa shape index (κ1) is 20.6. The number of benzene rings is 1. The monoisotopic (exact) mass is 383 g/mol. The van der Waals surface area contributed by atoms with E-state index in [0.717, 1.165) is 9.87 Å². The van der Waals surface area contributed by atoms with Crippen LogP contribution in [0, 0.1) is 6.92 Å². The summed E-state index contributed by atoms with van der Waals surface area (Å²) in [6.07, 6.45) is -1.20. The molecule has 8 heteroatoms. The van der Waals surface area contributed by atoms with E-state index in [1.54, 1.807) is 26.0 Å². The van der Waals surface area contributed by atoms with Gasteiger partial charge in [-0.15, -0.1) is 0 Å². The maximum absolute atomic E-state index is 13.0. The van der Waals surface area contributed by atoms with E-state index in [9.17, 15) is 18.3 Å². The zero-order valence-corrected chi connectivity index (χ0v) is 16.1. The van der Waals surface area contributed by atoms with Crippen LogP contribution < -0.4 is 0 Å². The molecule has 1 aliphatic rings. The Balaban J connectivity index is 2.33. The predicted molar refractivity (Wildman–Crippen MR) is 95.8 cm³/mol. The number of esters is 1. The van der Waals surface area contributed by atoms with Crippen molar-refractivity contribution >= 4 is 16.0 Å². The van der Waals surface area contributed by atoms with Crippen LogP contribution in [0.15, 0.2) is 41.3 Å². The second kappa shape index (κ2) is 7.87. The fraction of sp³-hybridized carbons (Fsp3) is 0.500. The first-order valence-corrected chi connectivity index (χ1v) is 9.79. The third-order valence-corrected chi connectivity index (χ3v) is 5.91. The van der Waals surface area contributed by atoms with Gasteiger partial charge in [0.2, 0.25) is 10.0 Å². The summed E-state index contributed by atoms with van der Waals surface area (Å²) in [6, 6.07) is 6.43. The maximum atomic E-state index is 13.0. The largest absolute Gasteiger partial charge is 0.466 e. The molecule has 1 saturated heterocycles. The second-order valence-electron chi connectivity index (χ2n) is 6.49. The van der Waals surface area contributed by atoms with Crippen LogP contribution in [0.2, 0.25) is 0 Å². The molecule has 0 saturated carbocycles. The zero-order chi connectivity index (χ0) is 19.5. The van der Waals surface area contributed by atoms with Gasteiger partial charge in [-0.3, -0.25) is 4.79 Å². The molecule has 1 heterocycles. The van der Waals surface area contributed by atoms with E-state index in [1.165, 1.54) is 12.1 Å². The molecule has 144 valence electrons. The van der Waals surface area contributed by atoms with Crippen LogP contribution in [0.3, 0.4) is 0 Å². The molecule has 1 fully saturated rings. The Kier molecular flexibility index (Phi) is 6.23. The molecule has 1 N–H and O–H groups in total. The molecule has 7 nitrogen and oxygen atoms in total. The van der Waals surface area contributed by atoms with E-state index in [2.05, 4.69) is 6.58 Å². The van der Waals surface area contributed by atoms with Crippen molar-refractivity contribution < 1.29 is 27.8 Å². The summed E-state index contributed by atoms with van der Waals surface area (Å²) < 4.78 is 37.5. The van der Waals surface area contributed by atoms with Crippen molar-refractivity contribution in [2.24, 2.45) is 0 Å². The number of aryl methyl sites for hydroxylation is 1. The van der Waals surface area contributed by atoms with Gasteiger partial charge < -0.3 is 14.6 Å². The molecule has 1 aliphatic heterocycles. The molecule has 0 amide bonds. The van der Waals surface area contributed by atoms with Crippen LogP contribution in [0.5, 0.6) is 0 Å². The zero-order valence-electron chi connectivity index (χ0n) is 15.3. The fourth-order valence-electron chi connectivity index (χ4n) is 2.70. The fourth-order valence-corrected chi connectivity index (χ4v) is 4.18. The Labute approximate surface area is 154 Å². The van der Waals surface area contributed by atoms with Gasteiger partial charge in [-0.25, -0.2) is 8.42 Å². The smallest absolute Gasteiger partial charge is 0.311 e. The number of hydrogen-bond acceptors (Lipinski definition) is 6. The van der Waals surface area contributed by atoms with E-state index in [-0.39, 0.29) is 24.6 Å². The van der Waals surface area contributed by atoms with Crippen molar-refractivity contribution in [3.8, 4) is 0 Å². The highest BCUT2D eigenvalue weighted by atomic mass is 32.2. The number of carbonyl (C=O) groups is 1. The molecule has 2 atom stereocenters. The number of rotatable bonds is 6. The normalized spacial score (nSPS) is 24.2. The van der Waals surface area contributed by atoms with Gasteiger partial charge in [0, 0.05) is 6.54 Å². The minimum Gasteiger partial charge on any atom is -0.466 e. The summed E-state index contributed by atoms with van der Waals surface area (Å²) in [4.78, 5) is 11.9. The van der Waals surface area contributed by atoms with Gasteiger partial charge in [0.15, 0.2) is 5.79 Å². The second-order valence-corrected chi connectivity index (χ2v) is 8.43. The number of morpholine rings is 1. The summed E-state index contributed by atoms with van der Waals surface area (Å²) in [5, 5.41) is 10.7. The van der Waals surface area contributed by atoms with Gasteiger partial charge >= 0.3 is 5.97 Å². The molecule has 2 rings (SSSR count). The summed E-state index contributed by atoms with van der Waals surface area (Å²) in [5.74, 6) is -2.64. The van der Waals surface area contributed by atoms with Crippen molar-refractivity contribution in [3.05, 3.63) is 42.0 Å². The minimum atomic E-state index is -3.86. The average molecular weight is 383 g/mol. The standard InChI is InChI=1S/C18H25NO6S/c1-5-24-17(20)10-18(21)12-19(11-16(25-18)13(2)3)26(22,23)15-8-6-14(4)7-9-15/h6-9,16,21H,2,5,10-12H2,1,3-4H3. The number of sulfonamides is 1. The van der Waals surface area contributed by atoms with E-state index in [4.69, 9.17) is 9.47 Å². The van der Waals surface area contributed by atoms with Crippen LogP contribution in [-0.2, 0) is 24.3 Å². The highest BCUT2D eigenvalue weighted by molar-refractivity contribution is 7.89. The lowest BCUT2D eigenvalue weighted by Crippen LogP contribution is -2.58. The van der Waals surface area contributed by atoms with Crippen molar-refractivity contribution in [1.82, 2.24) is 4.31 Å². The molecule has 1 aromatic rings. The topological polar surface area (TPSA) is 93.1 Å². The Morgan fingerprint density at radius 1 is 1.42 bits per heavy atom. The third-order valence-electron chi connectivity index (χ3n) is 4.09. The molecular weight excluding hydrogens is 358 g/mol. The van der Waals surface area contributed by atoms with Gasteiger partial charge in [-0.2, -0.15) is 4.31 Å². The molecule has 0 aromatic heterocycles. The van der Waals surface area contributed by atoms with Crippen LogP contribution in [0.1, 0.15) is 25.8 Å². The van der Waals surface area contributed by atoms with E-state index in [0.29, 0.717) is 5.57 Å². The number of β-amino-alcohol motifs (C(OH)–C–C–N with tert-alkyl or cyclic N) is 1. The minimum absolute atomic E-state index is 0.0106. The van der Waals surface area contributed by atoms with Crippen LogP contribution in [0.4, 0.5) is 0 Å². The van der Waals surface area contributed by atoms with E-state index in [1.807, 2.05) is 6.92 Å². The summed E-state index contributed by atoms with van der Waals surface area (Å²) >= 11 is 0. The lowest BCUT2D eigenvalue weighted by atomic mass is 10.1. The van der Waals surface area contributed by atoms with Gasteiger partial charge in [0.05, 0.1) is 24.2 Å². The van der Waals surface area contributed by atoms with Crippen LogP contribution >= 0.6 is 0 Å². The van der Waals surface area contributed by atoms with Crippen molar-refractivity contribution in [1.29, 1.82) is 0 Å². The molecule has 2 unspecified atom stereocenters. The predicted octanol–water partition coefficient (Wildman–Crippen LogP) is 1.60. The highest BCUT2D eigenvalue weighted by Crippen LogP contribution is 2.30. The number of aliphatic hydroxyl groups is 1. The van der Waals surface area contributed by atoms with Gasteiger partial charge in [-0.1, -0.05) is 29.8 Å². The Morgan fingerprint density at radius 3 is 2.58 bits per heavy atom. The number of nitrogens with zero attached hydrogens (tertiary/aromatic N) is 1. The number of hydrogen-bond donors (Lipinski definition) is 1. The number of ether oxygens (including phenoxy) is 2. The van der Waals surface area contributed by atoms with E-state index < -0.39 is 34.3 Å². The van der Waals surface area contributed by atoms with Gasteiger partial charge in [0.25, 0.3) is 0 Å².